The molecule has 1 rings (SSSR count). The highest BCUT2D eigenvalue weighted by Gasteiger charge is 2.23. The van der Waals surface area contributed by atoms with E-state index >= 15 is 0 Å². The minimum Gasteiger partial charge on any atom is -0.339 e. The monoisotopic (exact) mass is 252 g/mol. The normalized spacial score (nSPS) is 17.9. The van der Waals surface area contributed by atoms with Crippen LogP contribution < -0.4 is 0 Å². The van der Waals surface area contributed by atoms with Gasteiger partial charge in [-0.1, -0.05) is 20.8 Å². The van der Waals surface area contributed by atoms with E-state index in [9.17, 15) is 4.79 Å². The maximum Gasteiger partial charge on any atom is 0.225 e. The zero-order chi connectivity index (χ0) is 13.5. The van der Waals surface area contributed by atoms with E-state index < -0.39 is 0 Å². The van der Waals surface area contributed by atoms with Gasteiger partial charge in [-0.2, -0.15) is 0 Å². The molecule has 102 valence electrons. The minimum absolute atomic E-state index is 0.0778. The van der Waals surface area contributed by atoms with Gasteiger partial charge in [0.1, 0.15) is 0 Å². The van der Waals surface area contributed by atoms with Gasteiger partial charge in [0, 0.05) is 45.4 Å². The molecule has 1 aliphatic heterocycles. The molecular weight excluding hydrogens is 228 g/mol. The third-order valence-electron chi connectivity index (χ3n) is 2.96. The Balaban J connectivity index is 2.53. The number of carbonyl (C=O) groups is 1. The number of hydrogen-bond donors (Lipinski definition) is 0. The summed E-state index contributed by atoms with van der Waals surface area (Å²) in [5.41, 5.74) is 0. The lowest BCUT2D eigenvalue weighted by Gasteiger charge is -2.36. The van der Waals surface area contributed by atoms with Crippen molar-refractivity contribution in [1.82, 2.24) is 9.80 Å². The van der Waals surface area contributed by atoms with Crippen molar-refractivity contribution in [3.63, 3.8) is 0 Å². The van der Waals surface area contributed by atoms with Gasteiger partial charge in [-0.25, -0.2) is 4.99 Å². The Morgan fingerprint density at radius 2 is 1.78 bits per heavy atom. The van der Waals surface area contributed by atoms with Gasteiger partial charge >= 0.3 is 0 Å². The lowest BCUT2D eigenvalue weighted by molar-refractivity contribution is -0.135. The van der Waals surface area contributed by atoms with Gasteiger partial charge in [-0.15, -0.1) is 0 Å². The Kier molecular flexibility index (Phi) is 5.82. The highest BCUT2D eigenvalue weighted by Crippen LogP contribution is 2.08. The number of amides is 1. The molecule has 0 spiro atoms. The summed E-state index contributed by atoms with van der Waals surface area (Å²) in [6, 6.07) is 0. The zero-order valence-electron chi connectivity index (χ0n) is 11.9. The van der Waals surface area contributed by atoms with Gasteiger partial charge in [0.15, 0.2) is 0 Å². The molecule has 0 bridgehead atoms. The van der Waals surface area contributed by atoms with Crippen molar-refractivity contribution in [1.29, 1.82) is 0 Å². The molecule has 1 fully saturated rings. The third-order valence-corrected chi connectivity index (χ3v) is 2.96. The smallest absolute Gasteiger partial charge is 0.225 e. The van der Waals surface area contributed by atoms with Crippen molar-refractivity contribution < 1.29 is 4.79 Å². The first-order valence-electron chi connectivity index (χ1n) is 6.63. The Hall–Kier alpha value is -1.39. The van der Waals surface area contributed by atoms with E-state index in [2.05, 4.69) is 21.8 Å². The van der Waals surface area contributed by atoms with Gasteiger partial charge in [-0.3, -0.25) is 9.79 Å². The predicted molar refractivity (Wildman–Crippen MR) is 75.1 cm³/mol. The van der Waals surface area contributed by atoms with Crippen molar-refractivity contribution in [2.24, 2.45) is 15.9 Å². The number of aliphatic imine (C=N–C) groups is 2. The molecule has 1 heterocycles. The van der Waals surface area contributed by atoms with Gasteiger partial charge in [0.05, 0.1) is 0 Å². The van der Waals surface area contributed by atoms with Gasteiger partial charge in [0.2, 0.25) is 11.9 Å². The Bertz CT molecular complexity index is 328. The molecular formula is C13H24N4O. The molecule has 0 aromatic carbocycles. The molecule has 1 amide bonds. The fourth-order valence-electron chi connectivity index (χ4n) is 1.95. The molecule has 0 radical (unpaired) electrons. The second-order valence-electron chi connectivity index (χ2n) is 4.71. The number of piperazine rings is 1. The third kappa shape index (κ3) is 3.82. The number of nitrogens with zero attached hydrogens (tertiary/aromatic N) is 4. The van der Waals surface area contributed by atoms with Crippen LogP contribution in [0, 0.1) is 5.92 Å². The molecule has 0 saturated carbocycles. The van der Waals surface area contributed by atoms with Crippen LogP contribution in [-0.4, -0.2) is 61.1 Å². The zero-order valence-corrected chi connectivity index (χ0v) is 11.9. The fourth-order valence-corrected chi connectivity index (χ4v) is 1.95. The van der Waals surface area contributed by atoms with Gasteiger partial charge in [0.25, 0.3) is 0 Å². The molecule has 1 aliphatic rings. The van der Waals surface area contributed by atoms with Gasteiger partial charge in [-0.05, 0) is 6.42 Å². The largest absolute Gasteiger partial charge is 0.339 e. The maximum atomic E-state index is 11.9. The number of carbonyl (C=O) groups excluding carboxylic acids is 1. The summed E-state index contributed by atoms with van der Waals surface area (Å²) >= 11 is 0. The number of rotatable bonds is 2. The standard InChI is InChI=1S/C13H24N4O/c1-5-6-15-13(14-4)17-9-7-16(8-10-17)12(18)11(2)3/h6,11H,5,7-10H2,1-4H3/b14-13?,15-6-. The fraction of sp³-hybridized carbons (Fsp3) is 0.769. The van der Waals surface area contributed by atoms with Crippen molar-refractivity contribution in [2.45, 2.75) is 27.2 Å². The Morgan fingerprint density at radius 3 is 2.22 bits per heavy atom. The maximum absolute atomic E-state index is 11.9. The quantitative estimate of drug-likeness (QED) is 0.548. The van der Waals surface area contributed by atoms with E-state index in [1.54, 1.807) is 7.05 Å². The predicted octanol–water partition coefficient (Wildman–Crippen LogP) is 1.25. The topological polar surface area (TPSA) is 48.3 Å². The van der Waals surface area contributed by atoms with Crippen molar-refractivity contribution in [2.75, 3.05) is 33.2 Å². The second kappa shape index (κ2) is 7.13. The molecule has 5 heteroatoms. The van der Waals surface area contributed by atoms with Crippen molar-refractivity contribution in [3.05, 3.63) is 0 Å². The Morgan fingerprint density at radius 1 is 1.22 bits per heavy atom. The van der Waals surface area contributed by atoms with Crippen LogP contribution >= 0.6 is 0 Å². The van der Waals surface area contributed by atoms with Crippen LogP contribution in [0.4, 0.5) is 0 Å². The van der Waals surface area contributed by atoms with E-state index in [0.29, 0.717) is 0 Å². The average Bonchev–Trinajstić information content (AvgIpc) is 2.39. The highest BCUT2D eigenvalue weighted by molar-refractivity contribution is 5.88. The molecule has 0 N–H and O–H groups in total. The molecule has 18 heavy (non-hydrogen) atoms. The summed E-state index contributed by atoms with van der Waals surface area (Å²) in [5, 5.41) is 0. The summed E-state index contributed by atoms with van der Waals surface area (Å²) in [5.74, 6) is 1.09. The molecule has 0 aromatic heterocycles. The first kappa shape index (κ1) is 14.7. The van der Waals surface area contributed by atoms with E-state index in [4.69, 9.17) is 0 Å². The summed E-state index contributed by atoms with van der Waals surface area (Å²) in [6.07, 6.45) is 2.78. The van der Waals surface area contributed by atoms with Crippen molar-refractivity contribution in [3.8, 4) is 0 Å². The first-order chi connectivity index (χ1) is 8.60. The Labute approximate surface area is 110 Å². The van der Waals surface area contributed by atoms with E-state index in [1.807, 2.05) is 25.0 Å². The summed E-state index contributed by atoms with van der Waals surface area (Å²) < 4.78 is 0. The van der Waals surface area contributed by atoms with Crippen molar-refractivity contribution >= 4 is 18.1 Å². The van der Waals surface area contributed by atoms with Crippen LogP contribution in [0.5, 0.6) is 0 Å². The molecule has 0 atom stereocenters. The number of guanidine groups is 1. The minimum atomic E-state index is 0.0778. The molecule has 0 unspecified atom stereocenters. The number of hydrogen-bond acceptors (Lipinski definition) is 2. The van der Waals surface area contributed by atoms with Crippen LogP contribution in [0.1, 0.15) is 27.2 Å². The van der Waals surface area contributed by atoms with Crippen LogP contribution in [0.2, 0.25) is 0 Å². The first-order valence-corrected chi connectivity index (χ1v) is 6.63. The summed E-state index contributed by atoms with van der Waals surface area (Å²) in [6.45, 7) is 9.09. The average molecular weight is 252 g/mol. The van der Waals surface area contributed by atoms with E-state index in [1.165, 1.54) is 0 Å². The molecule has 0 aliphatic carbocycles. The van der Waals surface area contributed by atoms with Crippen LogP contribution in [0.3, 0.4) is 0 Å². The van der Waals surface area contributed by atoms with E-state index in [-0.39, 0.29) is 11.8 Å². The lowest BCUT2D eigenvalue weighted by Crippen LogP contribution is -2.51. The molecule has 1 saturated heterocycles. The van der Waals surface area contributed by atoms with E-state index in [0.717, 1.165) is 38.6 Å². The summed E-state index contributed by atoms with van der Waals surface area (Å²) in [7, 11) is 1.76. The summed E-state index contributed by atoms with van der Waals surface area (Å²) in [4.78, 5) is 24.5. The van der Waals surface area contributed by atoms with Crippen LogP contribution in [-0.2, 0) is 4.79 Å². The van der Waals surface area contributed by atoms with Gasteiger partial charge < -0.3 is 9.80 Å². The van der Waals surface area contributed by atoms with Crippen LogP contribution in [0.15, 0.2) is 9.98 Å². The molecule has 5 nitrogen and oxygen atoms in total. The van der Waals surface area contributed by atoms with Crippen LogP contribution in [0.25, 0.3) is 0 Å². The lowest BCUT2D eigenvalue weighted by atomic mass is 10.1. The highest BCUT2D eigenvalue weighted by atomic mass is 16.2. The second-order valence-corrected chi connectivity index (χ2v) is 4.71. The SMILES string of the molecule is CC/C=N\C(=NC)N1CCN(C(=O)C(C)C)CC1. The molecule has 0 aromatic rings.